The average molecular weight is 308 g/mol. The van der Waals surface area contributed by atoms with Crippen molar-refractivity contribution in [2.24, 2.45) is 0 Å². The van der Waals surface area contributed by atoms with Crippen LogP contribution in [0.4, 0.5) is 0 Å². The van der Waals surface area contributed by atoms with Crippen LogP contribution in [0.1, 0.15) is 25.0 Å². The maximum Gasteiger partial charge on any atom is 0.123 e. The van der Waals surface area contributed by atoms with E-state index in [1.165, 1.54) is 0 Å². The summed E-state index contributed by atoms with van der Waals surface area (Å²) in [4.78, 5) is 0. The Balaban J connectivity index is 2.19. The SMILES string of the molecule is C=C(C)COc1ccccc1Cc1ccccc1OCC(=C)C. The highest BCUT2D eigenvalue weighted by Gasteiger charge is 2.08. The minimum absolute atomic E-state index is 0.533. The molecule has 0 bridgehead atoms. The Labute approximate surface area is 139 Å². The van der Waals surface area contributed by atoms with E-state index in [0.29, 0.717) is 13.2 Å². The normalized spacial score (nSPS) is 10.2. The Morgan fingerprint density at radius 1 is 0.739 bits per heavy atom. The van der Waals surface area contributed by atoms with Crippen LogP contribution in [0.25, 0.3) is 0 Å². The van der Waals surface area contributed by atoms with E-state index in [4.69, 9.17) is 9.47 Å². The second kappa shape index (κ2) is 8.23. The highest BCUT2D eigenvalue weighted by Crippen LogP contribution is 2.27. The summed E-state index contributed by atoms with van der Waals surface area (Å²) in [5.41, 5.74) is 4.29. The highest BCUT2D eigenvalue weighted by molar-refractivity contribution is 5.42. The zero-order chi connectivity index (χ0) is 16.7. The summed E-state index contributed by atoms with van der Waals surface area (Å²) in [5.74, 6) is 1.79. The highest BCUT2D eigenvalue weighted by atomic mass is 16.5. The van der Waals surface area contributed by atoms with Gasteiger partial charge in [0, 0.05) is 6.42 Å². The number of hydrogen-bond donors (Lipinski definition) is 0. The number of benzene rings is 2. The molecule has 2 aromatic carbocycles. The molecule has 2 nitrogen and oxygen atoms in total. The van der Waals surface area contributed by atoms with Crippen molar-refractivity contribution in [3.63, 3.8) is 0 Å². The zero-order valence-electron chi connectivity index (χ0n) is 14.0. The molecule has 0 aliphatic heterocycles. The van der Waals surface area contributed by atoms with Crippen LogP contribution in [0.3, 0.4) is 0 Å². The first-order valence-electron chi connectivity index (χ1n) is 7.76. The van der Waals surface area contributed by atoms with Gasteiger partial charge in [0.25, 0.3) is 0 Å². The van der Waals surface area contributed by atoms with Crippen LogP contribution < -0.4 is 9.47 Å². The average Bonchev–Trinajstić information content (AvgIpc) is 2.53. The first-order valence-corrected chi connectivity index (χ1v) is 7.76. The van der Waals surface area contributed by atoms with Crippen LogP contribution in [-0.4, -0.2) is 13.2 Å². The summed E-state index contributed by atoms with van der Waals surface area (Å²) >= 11 is 0. The lowest BCUT2D eigenvalue weighted by Gasteiger charge is -2.14. The zero-order valence-corrected chi connectivity index (χ0v) is 14.0. The molecule has 120 valence electrons. The van der Waals surface area contributed by atoms with Crippen molar-refractivity contribution in [1.29, 1.82) is 0 Å². The molecule has 0 unspecified atom stereocenters. The molecule has 2 heteroatoms. The van der Waals surface area contributed by atoms with Crippen LogP contribution in [0.5, 0.6) is 11.5 Å². The van der Waals surface area contributed by atoms with Crippen LogP contribution in [0, 0.1) is 0 Å². The van der Waals surface area contributed by atoms with E-state index in [0.717, 1.165) is 40.2 Å². The number of ether oxygens (including phenoxy) is 2. The smallest absolute Gasteiger partial charge is 0.123 e. The topological polar surface area (TPSA) is 18.5 Å². The summed E-state index contributed by atoms with van der Waals surface area (Å²) < 4.78 is 11.7. The first kappa shape index (κ1) is 16.9. The van der Waals surface area contributed by atoms with E-state index in [2.05, 4.69) is 25.3 Å². The monoisotopic (exact) mass is 308 g/mol. The molecule has 0 fully saturated rings. The molecular formula is C21H24O2. The predicted octanol–water partition coefficient (Wildman–Crippen LogP) is 5.19. The van der Waals surface area contributed by atoms with Crippen LogP contribution in [-0.2, 0) is 6.42 Å². The van der Waals surface area contributed by atoms with Crippen LogP contribution in [0.2, 0.25) is 0 Å². The molecule has 0 aromatic heterocycles. The molecule has 0 aliphatic rings. The van der Waals surface area contributed by atoms with Gasteiger partial charge in [-0.25, -0.2) is 0 Å². The van der Waals surface area contributed by atoms with E-state index < -0.39 is 0 Å². The van der Waals surface area contributed by atoms with Crippen molar-refractivity contribution in [2.45, 2.75) is 20.3 Å². The summed E-state index contributed by atoms with van der Waals surface area (Å²) in [6.45, 7) is 12.8. The van der Waals surface area contributed by atoms with Gasteiger partial charge in [-0.2, -0.15) is 0 Å². The lowest BCUT2D eigenvalue weighted by molar-refractivity contribution is 0.345. The summed E-state index contributed by atoms with van der Waals surface area (Å²) in [7, 11) is 0. The fourth-order valence-electron chi connectivity index (χ4n) is 2.19. The standard InChI is InChI=1S/C21H24O2/c1-16(2)14-22-20-11-7-5-9-18(20)13-19-10-6-8-12-21(19)23-15-17(3)4/h5-12H,1,3,13-15H2,2,4H3. The van der Waals surface area contributed by atoms with E-state index in [1.807, 2.05) is 50.2 Å². The Morgan fingerprint density at radius 2 is 1.13 bits per heavy atom. The van der Waals surface area contributed by atoms with Gasteiger partial charge in [0.1, 0.15) is 24.7 Å². The molecule has 0 aliphatic carbocycles. The van der Waals surface area contributed by atoms with Gasteiger partial charge in [0.05, 0.1) is 0 Å². The number of hydrogen-bond acceptors (Lipinski definition) is 2. The van der Waals surface area contributed by atoms with Crippen molar-refractivity contribution in [2.75, 3.05) is 13.2 Å². The Bertz CT molecular complexity index is 626. The van der Waals surface area contributed by atoms with E-state index >= 15 is 0 Å². The quantitative estimate of drug-likeness (QED) is 0.625. The maximum absolute atomic E-state index is 5.85. The third kappa shape index (κ3) is 5.33. The lowest BCUT2D eigenvalue weighted by Crippen LogP contribution is -2.03. The molecule has 0 saturated heterocycles. The van der Waals surface area contributed by atoms with E-state index in [1.54, 1.807) is 0 Å². The molecule has 0 atom stereocenters. The van der Waals surface area contributed by atoms with E-state index in [-0.39, 0.29) is 0 Å². The van der Waals surface area contributed by atoms with Gasteiger partial charge in [-0.05, 0) is 48.3 Å². The summed E-state index contributed by atoms with van der Waals surface area (Å²) in [6, 6.07) is 16.2. The first-order chi connectivity index (χ1) is 11.1. The van der Waals surface area contributed by atoms with Crippen molar-refractivity contribution >= 4 is 0 Å². The fourth-order valence-corrected chi connectivity index (χ4v) is 2.19. The molecule has 2 aromatic rings. The fraction of sp³-hybridized carbons (Fsp3) is 0.238. The van der Waals surface area contributed by atoms with Crippen LogP contribution in [0.15, 0.2) is 72.8 Å². The van der Waals surface area contributed by atoms with Crippen molar-refractivity contribution < 1.29 is 9.47 Å². The minimum atomic E-state index is 0.533. The molecule has 0 heterocycles. The largest absolute Gasteiger partial charge is 0.489 e. The van der Waals surface area contributed by atoms with Gasteiger partial charge >= 0.3 is 0 Å². The van der Waals surface area contributed by atoms with Gasteiger partial charge in [0.2, 0.25) is 0 Å². The second-order valence-corrected chi connectivity index (χ2v) is 5.88. The molecule has 0 radical (unpaired) electrons. The number of para-hydroxylation sites is 2. The number of rotatable bonds is 8. The molecular weight excluding hydrogens is 284 g/mol. The van der Waals surface area contributed by atoms with Crippen LogP contribution >= 0.6 is 0 Å². The van der Waals surface area contributed by atoms with Crippen molar-refractivity contribution in [3.05, 3.63) is 84.0 Å². The summed E-state index contributed by atoms with van der Waals surface area (Å²) in [6.07, 6.45) is 0.763. The van der Waals surface area contributed by atoms with Crippen molar-refractivity contribution in [3.8, 4) is 11.5 Å². The Kier molecular flexibility index (Phi) is 6.04. The van der Waals surface area contributed by atoms with Gasteiger partial charge in [-0.3, -0.25) is 0 Å². The van der Waals surface area contributed by atoms with Gasteiger partial charge in [0.15, 0.2) is 0 Å². The second-order valence-electron chi connectivity index (χ2n) is 5.88. The minimum Gasteiger partial charge on any atom is -0.489 e. The molecule has 23 heavy (non-hydrogen) atoms. The Hall–Kier alpha value is -2.48. The van der Waals surface area contributed by atoms with Gasteiger partial charge < -0.3 is 9.47 Å². The van der Waals surface area contributed by atoms with E-state index in [9.17, 15) is 0 Å². The third-order valence-electron chi connectivity index (χ3n) is 3.27. The predicted molar refractivity (Wildman–Crippen MR) is 96.3 cm³/mol. The summed E-state index contributed by atoms with van der Waals surface area (Å²) in [5, 5.41) is 0. The maximum atomic E-state index is 5.85. The van der Waals surface area contributed by atoms with Crippen molar-refractivity contribution in [1.82, 2.24) is 0 Å². The molecule has 0 N–H and O–H groups in total. The molecule has 2 rings (SSSR count). The third-order valence-corrected chi connectivity index (χ3v) is 3.27. The Morgan fingerprint density at radius 3 is 1.52 bits per heavy atom. The molecule has 0 amide bonds. The lowest BCUT2D eigenvalue weighted by atomic mass is 10.0. The van der Waals surface area contributed by atoms with Gasteiger partial charge in [-0.1, -0.05) is 49.6 Å². The molecule has 0 spiro atoms. The molecule has 0 saturated carbocycles. The van der Waals surface area contributed by atoms with Gasteiger partial charge in [-0.15, -0.1) is 0 Å².